The molecule has 8 heteroatoms. The average Bonchev–Trinajstić information content (AvgIpc) is 3.07. The van der Waals surface area contributed by atoms with Gasteiger partial charge in [-0.05, 0) is 72.3 Å². The molecule has 2 heterocycles. The van der Waals surface area contributed by atoms with Crippen LogP contribution in [0.5, 0.6) is 11.5 Å². The van der Waals surface area contributed by atoms with E-state index in [9.17, 15) is 0 Å². The van der Waals surface area contributed by atoms with Crippen molar-refractivity contribution in [1.29, 1.82) is 0 Å². The van der Waals surface area contributed by atoms with Crippen molar-refractivity contribution in [2.45, 2.75) is 26.3 Å². The molecule has 0 bridgehead atoms. The number of nitrogens with zero attached hydrogens (tertiary/aromatic N) is 4. The largest absolute Gasteiger partial charge is 0.497 e. The highest BCUT2D eigenvalue weighted by molar-refractivity contribution is 5.52. The Hall–Kier alpha value is -4.11. The monoisotopic (exact) mass is 596 g/mol. The number of methoxy groups -OCH3 is 2. The van der Waals surface area contributed by atoms with E-state index in [0.29, 0.717) is 26.4 Å². The Morgan fingerprint density at radius 1 is 0.682 bits per heavy atom. The molecule has 44 heavy (non-hydrogen) atoms. The van der Waals surface area contributed by atoms with Crippen molar-refractivity contribution in [3.05, 3.63) is 114 Å². The number of hydrogen-bond acceptors (Lipinski definition) is 8. The summed E-state index contributed by atoms with van der Waals surface area (Å²) in [4.78, 5) is 11.9. The van der Waals surface area contributed by atoms with Crippen LogP contribution in [0.4, 0.5) is 11.4 Å². The van der Waals surface area contributed by atoms with Gasteiger partial charge in [0.05, 0.1) is 46.3 Å². The molecule has 0 saturated carbocycles. The number of aromatic nitrogens is 1. The fourth-order valence-corrected chi connectivity index (χ4v) is 5.35. The van der Waals surface area contributed by atoms with Gasteiger partial charge < -0.3 is 33.6 Å². The zero-order valence-electron chi connectivity index (χ0n) is 26.2. The molecule has 0 unspecified atom stereocenters. The van der Waals surface area contributed by atoms with Crippen molar-refractivity contribution in [2.24, 2.45) is 0 Å². The van der Waals surface area contributed by atoms with Crippen LogP contribution in [0.1, 0.15) is 22.4 Å². The summed E-state index contributed by atoms with van der Waals surface area (Å²) in [6.45, 7) is 7.70. The molecule has 4 aromatic rings. The van der Waals surface area contributed by atoms with E-state index in [1.54, 1.807) is 14.2 Å². The Bertz CT molecular complexity index is 1460. The first-order valence-electron chi connectivity index (χ1n) is 15.2. The molecule has 0 spiro atoms. The highest BCUT2D eigenvalue weighted by atomic mass is 16.5. The van der Waals surface area contributed by atoms with E-state index in [0.717, 1.165) is 67.7 Å². The van der Waals surface area contributed by atoms with Crippen LogP contribution in [0.15, 0.2) is 91.1 Å². The zero-order valence-corrected chi connectivity index (χ0v) is 26.2. The SMILES string of the molecule is COc1cccc(COCCOCc2cc(N(Cc3cccc(OC)c3)Cc3cccc(N4CCN(C)CC4)c3)ccn2)c1. The van der Waals surface area contributed by atoms with Gasteiger partial charge in [-0.15, -0.1) is 0 Å². The van der Waals surface area contributed by atoms with Gasteiger partial charge in [0.1, 0.15) is 11.5 Å². The lowest BCUT2D eigenvalue weighted by Crippen LogP contribution is -2.44. The average molecular weight is 597 g/mol. The van der Waals surface area contributed by atoms with Crippen LogP contribution in [-0.4, -0.2) is 70.5 Å². The smallest absolute Gasteiger partial charge is 0.119 e. The molecule has 1 fully saturated rings. The van der Waals surface area contributed by atoms with Gasteiger partial charge in [-0.3, -0.25) is 4.98 Å². The first-order valence-corrected chi connectivity index (χ1v) is 15.2. The summed E-state index contributed by atoms with van der Waals surface area (Å²) < 4.78 is 22.5. The molecule has 232 valence electrons. The van der Waals surface area contributed by atoms with Crippen molar-refractivity contribution in [3.63, 3.8) is 0 Å². The summed E-state index contributed by atoms with van der Waals surface area (Å²) in [5.41, 5.74) is 6.80. The molecule has 0 atom stereocenters. The summed E-state index contributed by atoms with van der Waals surface area (Å²) in [6.07, 6.45) is 1.87. The van der Waals surface area contributed by atoms with Crippen LogP contribution < -0.4 is 19.3 Å². The predicted molar refractivity (Wildman–Crippen MR) is 176 cm³/mol. The fourth-order valence-electron chi connectivity index (χ4n) is 5.35. The Labute approximate surface area is 261 Å². The van der Waals surface area contributed by atoms with Gasteiger partial charge in [-0.1, -0.05) is 36.4 Å². The maximum atomic E-state index is 5.94. The number of ether oxygens (including phenoxy) is 4. The molecule has 0 radical (unpaired) electrons. The minimum atomic E-state index is 0.419. The fraction of sp³-hybridized carbons (Fsp3) is 0.361. The number of benzene rings is 3. The van der Waals surface area contributed by atoms with Crippen molar-refractivity contribution >= 4 is 11.4 Å². The van der Waals surface area contributed by atoms with E-state index in [1.165, 1.54) is 16.8 Å². The Balaban J connectivity index is 1.23. The number of anilines is 2. The molecule has 0 aliphatic carbocycles. The number of likely N-dealkylation sites (N-methyl/N-ethyl adjacent to an activating group) is 1. The number of hydrogen-bond donors (Lipinski definition) is 0. The Morgan fingerprint density at radius 3 is 2.00 bits per heavy atom. The quantitative estimate of drug-likeness (QED) is 0.160. The summed E-state index contributed by atoms with van der Waals surface area (Å²) in [6, 6.07) is 29.3. The molecule has 1 aliphatic heterocycles. The highest BCUT2D eigenvalue weighted by Crippen LogP contribution is 2.25. The second-order valence-electron chi connectivity index (χ2n) is 11.1. The van der Waals surface area contributed by atoms with E-state index < -0.39 is 0 Å². The Morgan fingerprint density at radius 2 is 1.30 bits per heavy atom. The van der Waals surface area contributed by atoms with Gasteiger partial charge in [0, 0.05) is 56.8 Å². The van der Waals surface area contributed by atoms with E-state index >= 15 is 0 Å². The van der Waals surface area contributed by atoms with Gasteiger partial charge in [-0.2, -0.15) is 0 Å². The lowest BCUT2D eigenvalue weighted by Gasteiger charge is -2.34. The first kappa shape index (κ1) is 31.3. The molecular formula is C36H44N4O4. The molecular weight excluding hydrogens is 552 g/mol. The number of pyridine rings is 1. The zero-order chi connectivity index (χ0) is 30.6. The van der Waals surface area contributed by atoms with Crippen molar-refractivity contribution < 1.29 is 18.9 Å². The molecule has 5 rings (SSSR count). The molecule has 1 saturated heterocycles. The van der Waals surface area contributed by atoms with E-state index in [2.05, 4.69) is 75.3 Å². The van der Waals surface area contributed by atoms with Crippen LogP contribution in [0, 0.1) is 0 Å². The third kappa shape index (κ3) is 9.19. The topological polar surface area (TPSA) is 59.5 Å². The van der Waals surface area contributed by atoms with Crippen molar-refractivity contribution in [3.8, 4) is 11.5 Å². The molecule has 0 amide bonds. The first-order chi connectivity index (χ1) is 21.6. The second kappa shape index (κ2) is 16.1. The maximum absolute atomic E-state index is 5.94. The van der Waals surface area contributed by atoms with Crippen LogP contribution in [-0.2, 0) is 35.8 Å². The molecule has 1 aliphatic rings. The van der Waals surface area contributed by atoms with E-state index in [-0.39, 0.29) is 0 Å². The summed E-state index contributed by atoms with van der Waals surface area (Å²) in [5, 5.41) is 0. The van der Waals surface area contributed by atoms with Gasteiger partial charge >= 0.3 is 0 Å². The van der Waals surface area contributed by atoms with Gasteiger partial charge in [0.25, 0.3) is 0 Å². The van der Waals surface area contributed by atoms with Gasteiger partial charge in [0.15, 0.2) is 0 Å². The summed E-state index contributed by atoms with van der Waals surface area (Å²) in [5.74, 6) is 1.69. The number of rotatable bonds is 15. The third-order valence-corrected chi connectivity index (χ3v) is 7.85. The molecule has 8 nitrogen and oxygen atoms in total. The van der Waals surface area contributed by atoms with Gasteiger partial charge in [-0.25, -0.2) is 0 Å². The normalized spacial score (nSPS) is 13.6. The highest BCUT2D eigenvalue weighted by Gasteiger charge is 2.16. The molecule has 3 aromatic carbocycles. The minimum Gasteiger partial charge on any atom is -0.497 e. The van der Waals surface area contributed by atoms with Crippen LogP contribution in [0.3, 0.4) is 0 Å². The Kier molecular flexibility index (Phi) is 11.5. The maximum Gasteiger partial charge on any atom is 0.119 e. The second-order valence-corrected chi connectivity index (χ2v) is 11.1. The third-order valence-electron chi connectivity index (χ3n) is 7.85. The standard InChI is InChI=1S/C36H44N4O4/c1-38-15-17-39(18-16-38)33-10-4-7-29(21-33)25-40(26-30-8-5-11-35(22-30)41-2)34-13-14-37-32(24-34)28-44-20-19-43-27-31-9-6-12-36(23-31)42-3/h4-14,21-24H,15-20,25-28H2,1-3H3. The van der Waals surface area contributed by atoms with Crippen molar-refractivity contribution in [2.75, 3.05) is 70.5 Å². The van der Waals surface area contributed by atoms with Crippen LogP contribution >= 0.6 is 0 Å². The van der Waals surface area contributed by atoms with Crippen molar-refractivity contribution in [1.82, 2.24) is 9.88 Å². The number of piperazine rings is 1. The lowest BCUT2D eigenvalue weighted by molar-refractivity contribution is 0.0328. The lowest BCUT2D eigenvalue weighted by atomic mass is 10.1. The molecule has 0 N–H and O–H groups in total. The van der Waals surface area contributed by atoms with E-state index in [4.69, 9.17) is 18.9 Å². The molecule has 1 aromatic heterocycles. The summed E-state index contributed by atoms with van der Waals surface area (Å²) in [7, 11) is 5.57. The van der Waals surface area contributed by atoms with Gasteiger partial charge in [0.2, 0.25) is 0 Å². The minimum absolute atomic E-state index is 0.419. The predicted octanol–water partition coefficient (Wildman–Crippen LogP) is 5.79. The van der Waals surface area contributed by atoms with Crippen LogP contribution in [0.25, 0.3) is 0 Å². The summed E-state index contributed by atoms with van der Waals surface area (Å²) >= 11 is 0. The van der Waals surface area contributed by atoms with Crippen LogP contribution in [0.2, 0.25) is 0 Å². The van der Waals surface area contributed by atoms with E-state index in [1.807, 2.05) is 42.6 Å².